The summed E-state index contributed by atoms with van der Waals surface area (Å²) in [5.74, 6) is 0.594. The van der Waals surface area contributed by atoms with Crippen LogP contribution in [0.1, 0.15) is 47.0 Å². The van der Waals surface area contributed by atoms with Gasteiger partial charge in [-0.15, -0.1) is 0 Å². The van der Waals surface area contributed by atoms with E-state index in [9.17, 15) is 10.2 Å². The van der Waals surface area contributed by atoms with Crippen LogP contribution >= 0.6 is 0 Å². The van der Waals surface area contributed by atoms with E-state index in [2.05, 4.69) is 20.8 Å². The van der Waals surface area contributed by atoms with E-state index < -0.39 is 0 Å². The minimum absolute atomic E-state index is 0.0124. The molecule has 88 valence electrons. The van der Waals surface area contributed by atoms with Crippen LogP contribution in [0.5, 0.6) is 0 Å². The summed E-state index contributed by atoms with van der Waals surface area (Å²) < 4.78 is 0. The van der Waals surface area contributed by atoms with Gasteiger partial charge < -0.3 is 10.2 Å². The molecule has 0 amide bonds. The number of hydrogen-bond donors (Lipinski definition) is 2. The maximum Gasteiger partial charge on any atom is 0.0654 e. The summed E-state index contributed by atoms with van der Waals surface area (Å²) in [6.07, 6.45) is 2.39. The van der Waals surface area contributed by atoms with Gasteiger partial charge in [0.2, 0.25) is 0 Å². The van der Waals surface area contributed by atoms with E-state index in [-0.39, 0.29) is 29.0 Å². The Morgan fingerprint density at radius 1 is 1.33 bits per heavy atom. The Balaban J connectivity index is 2.34. The minimum Gasteiger partial charge on any atom is -0.393 e. The van der Waals surface area contributed by atoms with Crippen LogP contribution in [0, 0.1) is 22.7 Å². The van der Waals surface area contributed by atoms with Crippen LogP contribution in [-0.4, -0.2) is 22.4 Å². The number of aliphatic hydroxyl groups excluding tert-OH is 2. The van der Waals surface area contributed by atoms with Gasteiger partial charge in [-0.1, -0.05) is 27.7 Å². The van der Waals surface area contributed by atoms with Crippen molar-refractivity contribution in [2.24, 2.45) is 22.7 Å². The van der Waals surface area contributed by atoms with E-state index in [0.29, 0.717) is 5.92 Å². The third-order valence-corrected chi connectivity index (χ3v) is 5.72. The molecule has 15 heavy (non-hydrogen) atoms. The lowest BCUT2D eigenvalue weighted by Crippen LogP contribution is -2.41. The molecule has 2 aliphatic carbocycles. The fourth-order valence-electron chi connectivity index (χ4n) is 4.16. The van der Waals surface area contributed by atoms with Crippen LogP contribution in [0.4, 0.5) is 0 Å². The second-order valence-corrected chi connectivity index (χ2v) is 6.28. The maximum absolute atomic E-state index is 10.4. The molecule has 0 spiro atoms. The van der Waals surface area contributed by atoms with Crippen LogP contribution in [0.3, 0.4) is 0 Å². The highest BCUT2D eigenvalue weighted by Gasteiger charge is 2.66. The summed E-state index contributed by atoms with van der Waals surface area (Å²) >= 11 is 0. The zero-order chi connectivity index (χ0) is 11.4. The summed E-state index contributed by atoms with van der Waals surface area (Å²) in [6.45, 7) is 8.71. The van der Waals surface area contributed by atoms with Crippen LogP contribution in [-0.2, 0) is 0 Å². The van der Waals surface area contributed by atoms with Crippen LogP contribution in [0.2, 0.25) is 0 Å². The summed E-state index contributed by atoms with van der Waals surface area (Å²) in [6, 6.07) is 0. The largest absolute Gasteiger partial charge is 0.393 e. The van der Waals surface area contributed by atoms with Gasteiger partial charge in [0.15, 0.2) is 0 Å². The van der Waals surface area contributed by atoms with Crippen molar-refractivity contribution in [3.05, 3.63) is 0 Å². The highest BCUT2D eigenvalue weighted by molar-refractivity contribution is 5.15. The van der Waals surface area contributed by atoms with Gasteiger partial charge in [0.05, 0.1) is 12.2 Å². The first-order valence-corrected chi connectivity index (χ1v) is 6.22. The summed E-state index contributed by atoms with van der Waals surface area (Å²) in [5.41, 5.74) is 0.186. The lowest BCUT2D eigenvalue weighted by atomic mass is 9.70. The number of fused-ring (bicyclic) bond motifs is 2. The molecule has 2 nitrogen and oxygen atoms in total. The van der Waals surface area contributed by atoms with Crippen molar-refractivity contribution in [1.82, 2.24) is 0 Å². The quantitative estimate of drug-likeness (QED) is 0.736. The molecule has 0 aromatic heterocycles. The number of hydrogen-bond acceptors (Lipinski definition) is 2. The van der Waals surface area contributed by atoms with Gasteiger partial charge >= 0.3 is 0 Å². The van der Waals surface area contributed by atoms with Crippen LogP contribution in [0.15, 0.2) is 0 Å². The third kappa shape index (κ3) is 1.18. The molecule has 0 radical (unpaired) electrons. The lowest BCUT2D eigenvalue weighted by molar-refractivity contribution is -0.0510. The fourth-order valence-corrected chi connectivity index (χ4v) is 4.16. The van der Waals surface area contributed by atoms with Gasteiger partial charge in [-0.25, -0.2) is 0 Å². The molecule has 2 bridgehead atoms. The molecule has 5 atom stereocenters. The molecule has 2 rings (SSSR count). The average Bonchev–Trinajstić information content (AvgIpc) is 2.48. The predicted octanol–water partition coefficient (Wildman–Crippen LogP) is 2.19. The first-order valence-electron chi connectivity index (χ1n) is 6.22. The van der Waals surface area contributed by atoms with Crippen molar-refractivity contribution < 1.29 is 10.2 Å². The van der Waals surface area contributed by atoms with E-state index >= 15 is 0 Å². The number of rotatable bonds is 2. The maximum atomic E-state index is 10.4. The standard InChI is InChI=1S/C13H24O2/c1-5-9(14)10-8-6-7-13(4,11(10)15)12(8,2)3/h8-11,14-15H,5-7H2,1-4H3/t8-,9?,10?,11+,13-/m1/s1. The van der Waals surface area contributed by atoms with Gasteiger partial charge in [-0.2, -0.15) is 0 Å². The van der Waals surface area contributed by atoms with Gasteiger partial charge in [-0.3, -0.25) is 0 Å². The molecule has 2 unspecified atom stereocenters. The van der Waals surface area contributed by atoms with Crippen molar-refractivity contribution in [3.8, 4) is 0 Å². The molecule has 0 saturated heterocycles. The zero-order valence-electron chi connectivity index (χ0n) is 10.3. The van der Waals surface area contributed by atoms with Gasteiger partial charge in [0, 0.05) is 5.92 Å². The Kier molecular flexibility index (Phi) is 2.44. The van der Waals surface area contributed by atoms with Gasteiger partial charge in [0.25, 0.3) is 0 Å². The zero-order valence-corrected chi connectivity index (χ0v) is 10.3. The Bertz CT molecular complexity index is 261. The molecule has 0 aliphatic heterocycles. The summed E-state index contributed by atoms with van der Waals surface area (Å²) in [4.78, 5) is 0. The first kappa shape index (κ1) is 11.4. The molecule has 0 aromatic rings. The van der Waals surface area contributed by atoms with E-state index in [1.54, 1.807) is 0 Å². The van der Waals surface area contributed by atoms with Crippen LogP contribution < -0.4 is 0 Å². The SMILES string of the molecule is CCC(O)C1[C@H]2CC[C@](C)([C@H]1O)C2(C)C. The molecule has 0 aromatic carbocycles. The molecule has 0 heterocycles. The summed E-state index contributed by atoms with van der Waals surface area (Å²) in [5, 5.41) is 20.5. The van der Waals surface area contributed by atoms with Gasteiger partial charge in [-0.05, 0) is 36.0 Å². The minimum atomic E-state index is -0.327. The second kappa shape index (κ2) is 3.21. The fraction of sp³-hybridized carbons (Fsp3) is 1.00. The van der Waals surface area contributed by atoms with E-state index in [0.717, 1.165) is 12.8 Å². The van der Waals surface area contributed by atoms with E-state index in [1.807, 2.05) is 6.92 Å². The van der Waals surface area contributed by atoms with E-state index in [4.69, 9.17) is 0 Å². The van der Waals surface area contributed by atoms with E-state index in [1.165, 1.54) is 6.42 Å². The van der Waals surface area contributed by atoms with Crippen molar-refractivity contribution in [1.29, 1.82) is 0 Å². The van der Waals surface area contributed by atoms with Gasteiger partial charge in [0.1, 0.15) is 0 Å². The second-order valence-electron chi connectivity index (χ2n) is 6.28. The molecule has 2 saturated carbocycles. The first-order chi connectivity index (χ1) is 6.86. The highest BCUT2D eigenvalue weighted by Crippen LogP contribution is 2.68. The van der Waals surface area contributed by atoms with Crippen LogP contribution in [0.25, 0.3) is 0 Å². The number of aliphatic hydroxyl groups is 2. The average molecular weight is 212 g/mol. The Hall–Kier alpha value is -0.0800. The molecular formula is C13H24O2. The Morgan fingerprint density at radius 3 is 2.33 bits per heavy atom. The lowest BCUT2D eigenvalue weighted by Gasteiger charge is -2.37. The third-order valence-electron chi connectivity index (χ3n) is 5.72. The normalized spacial score (nSPS) is 49.6. The molecule has 2 fully saturated rings. The smallest absolute Gasteiger partial charge is 0.0654 e. The Labute approximate surface area is 92.7 Å². The predicted molar refractivity (Wildman–Crippen MR) is 60.4 cm³/mol. The summed E-state index contributed by atoms with van der Waals surface area (Å²) in [7, 11) is 0. The molecular weight excluding hydrogens is 188 g/mol. The van der Waals surface area contributed by atoms with Crippen molar-refractivity contribution >= 4 is 0 Å². The molecule has 2 heteroatoms. The molecule has 2 aliphatic rings. The van der Waals surface area contributed by atoms with Crippen molar-refractivity contribution in [2.45, 2.75) is 59.2 Å². The molecule has 2 N–H and O–H groups in total. The van der Waals surface area contributed by atoms with Crippen molar-refractivity contribution in [2.75, 3.05) is 0 Å². The monoisotopic (exact) mass is 212 g/mol. The highest BCUT2D eigenvalue weighted by atomic mass is 16.3. The Morgan fingerprint density at radius 2 is 1.93 bits per heavy atom. The topological polar surface area (TPSA) is 40.5 Å². The van der Waals surface area contributed by atoms with Crippen molar-refractivity contribution in [3.63, 3.8) is 0 Å².